The number of hydrogen-bond donors (Lipinski definition) is 1. The smallest absolute Gasteiger partial charge is 0.268 e. The minimum atomic E-state index is -0.153. The number of nitrogens with one attached hydrogen (secondary N) is 1. The monoisotopic (exact) mass is 484 g/mol. The molecule has 1 saturated carbocycles. The van der Waals surface area contributed by atoms with Gasteiger partial charge < -0.3 is 9.47 Å². The van der Waals surface area contributed by atoms with E-state index < -0.39 is 0 Å². The molecule has 0 unspecified atom stereocenters. The number of anilines is 1. The zero-order valence-corrected chi connectivity index (χ0v) is 18.7. The molecular weight excluding hydrogens is 464 g/mol. The van der Waals surface area contributed by atoms with Crippen molar-refractivity contribution in [3.8, 4) is 0 Å². The number of para-hydroxylation sites is 2. The van der Waals surface area contributed by atoms with E-state index in [-0.39, 0.29) is 23.3 Å². The normalized spacial score (nSPS) is 23.0. The highest BCUT2D eigenvalue weighted by molar-refractivity contribution is 9.11. The summed E-state index contributed by atoms with van der Waals surface area (Å²) in [6, 6.07) is 11.9. The van der Waals surface area contributed by atoms with Gasteiger partial charge in [-0.15, -0.1) is 11.3 Å². The fraction of sp³-hybridized carbons (Fsp3) is 0.318. The van der Waals surface area contributed by atoms with E-state index in [4.69, 9.17) is 4.98 Å². The Balaban J connectivity index is 1.41. The number of likely N-dealkylation sites (tertiary alicyclic amines) is 1. The Morgan fingerprint density at radius 3 is 2.80 bits per heavy atom. The number of carbonyl (C=O) groups is 2. The van der Waals surface area contributed by atoms with Crippen molar-refractivity contribution in [2.45, 2.75) is 25.3 Å². The first-order chi connectivity index (χ1) is 14.5. The Kier molecular flexibility index (Phi) is 4.78. The van der Waals surface area contributed by atoms with Crippen LogP contribution in [0.25, 0.3) is 11.0 Å². The molecule has 2 fully saturated rings. The van der Waals surface area contributed by atoms with Crippen LogP contribution in [-0.2, 0) is 4.79 Å². The maximum absolute atomic E-state index is 12.8. The fourth-order valence-electron chi connectivity index (χ4n) is 4.81. The number of amides is 2. The summed E-state index contributed by atoms with van der Waals surface area (Å²) >= 11 is 4.81. The highest BCUT2D eigenvalue weighted by atomic mass is 79.9. The largest absolute Gasteiger partial charge is 0.339 e. The van der Waals surface area contributed by atoms with E-state index in [9.17, 15) is 9.59 Å². The molecule has 3 heterocycles. The van der Waals surface area contributed by atoms with Crippen LogP contribution in [0.1, 0.15) is 35.0 Å². The summed E-state index contributed by atoms with van der Waals surface area (Å²) in [6.07, 6.45) is 4.36. The van der Waals surface area contributed by atoms with E-state index in [1.807, 2.05) is 35.2 Å². The van der Waals surface area contributed by atoms with Crippen LogP contribution in [0.2, 0.25) is 0 Å². The Bertz CT molecular complexity index is 1160. The van der Waals surface area contributed by atoms with Crippen LogP contribution >= 0.6 is 27.3 Å². The first-order valence-corrected chi connectivity index (χ1v) is 11.5. The number of carbonyl (C=O) groups excluding carboxylic acids is 2. The van der Waals surface area contributed by atoms with Crippen LogP contribution in [0.5, 0.6) is 0 Å². The molecule has 0 atom stereocenters. The molecule has 1 spiro atoms. The van der Waals surface area contributed by atoms with E-state index >= 15 is 0 Å². The zero-order chi connectivity index (χ0) is 20.9. The topological polar surface area (TPSA) is 67.2 Å². The molecule has 1 N–H and O–H groups in total. The van der Waals surface area contributed by atoms with E-state index in [1.54, 1.807) is 6.07 Å². The molecule has 1 aliphatic carbocycles. The summed E-state index contributed by atoms with van der Waals surface area (Å²) in [6.45, 7) is 5.18. The van der Waals surface area contributed by atoms with Crippen LogP contribution in [-0.4, -0.2) is 39.4 Å². The quantitative estimate of drug-likeness (QED) is 0.538. The van der Waals surface area contributed by atoms with Gasteiger partial charge in [0.1, 0.15) is 0 Å². The predicted octanol–water partition coefficient (Wildman–Crippen LogP) is 4.85. The third-order valence-electron chi connectivity index (χ3n) is 6.25. The number of thiophene rings is 1. The van der Waals surface area contributed by atoms with Crippen LogP contribution in [0, 0.1) is 5.41 Å². The third-order valence-corrected chi connectivity index (χ3v) is 7.87. The lowest BCUT2D eigenvalue weighted by atomic mass is 9.65. The Hall–Kier alpha value is -2.45. The summed E-state index contributed by atoms with van der Waals surface area (Å²) in [4.78, 5) is 32.0. The van der Waals surface area contributed by atoms with Gasteiger partial charge in [0.15, 0.2) is 0 Å². The SMILES string of the molecule is C=CC(=O)N1CCC2(CC(n3c(NC(=O)c4ccc(Br)s4)nc4ccccc43)C2)C1. The van der Waals surface area contributed by atoms with E-state index in [2.05, 4.69) is 32.4 Å². The average molecular weight is 485 g/mol. The third kappa shape index (κ3) is 3.28. The summed E-state index contributed by atoms with van der Waals surface area (Å²) in [5, 5.41) is 3.02. The van der Waals surface area contributed by atoms with Crippen molar-refractivity contribution in [3.63, 3.8) is 0 Å². The molecule has 5 rings (SSSR count). The van der Waals surface area contributed by atoms with Crippen LogP contribution in [0.4, 0.5) is 5.95 Å². The lowest BCUT2D eigenvalue weighted by molar-refractivity contribution is -0.125. The van der Waals surface area contributed by atoms with Gasteiger partial charge in [-0.3, -0.25) is 14.9 Å². The second kappa shape index (κ2) is 7.35. The molecule has 2 aliphatic rings. The van der Waals surface area contributed by atoms with Gasteiger partial charge in [-0.05, 0) is 70.9 Å². The standard InChI is InChI=1S/C22H21BrN4O2S/c1-2-19(28)26-10-9-22(13-26)11-14(12-22)27-16-6-4-3-5-15(16)24-21(27)25-20(29)17-7-8-18(23)30-17/h2-8,14H,1,9-13H2,(H,24,25,29). The Labute approximate surface area is 186 Å². The minimum Gasteiger partial charge on any atom is -0.339 e. The summed E-state index contributed by atoms with van der Waals surface area (Å²) in [7, 11) is 0. The van der Waals surface area contributed by atoms with Crippen molar-refractivity contribution in [2.75, 3.05) is 18.4 Å². The molecule has 2 amide bonds. The molecule has 1 aliphatic heterocycles. The second-order valence-corrected chi connectivity index (χ2v) is 10.6. The van der Waals surface area contributed by atoms with Crippen molar-refractivity contribution in [3.05, 3.63) is 57.7 Å². The van der Waals surface area contributed by atoms with E-state index in [1.165, 1.54) is 17.4 Å². The fourth-order valence-corrected chi connectivity index (χ4v) is 6.09. The molecular formula is C22H21BrN4O2S. The van der Waals surface area contributed by atoms with Crippen LogP contribution in [0.15, 0.2) is 52.8 Å². The Morgan fingerprint density at radius 1 is 1.27 bits per heavy atom. The second-order valence-electron chi connectivity index (χ2n) is 8.13. The molecule has 0 radical (unpaired) electrons. The number of aromatic nitrogens is 2. The van der Waals surface area contributed by atoms with Gasteiger partial charge in [0, 0.05) is 19.1 Å². The van der Waals surface area contributed by atoms with Gasteiger partial charge in [-0.25, -0.2) is 4.98 Å². The molecule has 154 valence electrons. The lowest BCUT2D eigenvalue weighted by Crippen LogP contribution is -2.42. The summed E-state index contributed by atoms with van der Waals surface area (Å²) in [5.41, 5.74) is 2.06. The highest BCUT2D eigenvalue weighted by Gasteiger charge is 2.50. The van der Waals surface area contributed by atoms with Crippen molar-refractivity contribution in [1.29, 1.82) is 0 Å². The number of rotatable bonds is 4. The lowest BCUT2D eigenvalue weighted by Gasteiger charge is -2.46. The number of hydrogen-bond acceptors (Lipinski definition) is 4. The molecule has 6 nitrogen and oxygen atoms in total. The van der Waals surface area contributed by atoms with Crippen molar-refractivity contribution < 1.29 is 9.59 Å². The van der Waals surface area contributed by atoms with Gasteiger partial charge in [0.05, 0.1) is 19.7 Å². The van der Waals surface area contributed by atoms with Crippen molar-refractivity contribution in [1.82, 2.24) is 14.5 Å². The van der Waals surface area contributed by atoms with Gasteiger partial charge in [-0.2, -0.15) is 0 Å². The average Bonchev–Trinajstić information content (AvgIpc) is 3.42. The predicted molar refractivity (Wildman–Crippen MR) is 122 cm³/mol. The zero-order valence-electron chi connectivity index (χ0n) is 16.3. The van der Waals surface area contributed by atoms with Crippen LogP contribution < -0.4 is 5.32 Å². The van der Waals surface area contributed by atoms with Crippen LogP contribution in [0.3, 0.4) is 0 Å². The molecule has 1 saturated heterocycles. The highest BCUT2D eigenvalue weighted by Crippen LogP contribution is 2.55. The van der Waals surface area contributed by atoms with Gasteiger partial charge in [-0.1, -0.05) is 18.7 Å². The molecule has 8 heteroatoms. The molecule has 30 heavy (non-hydrogen) atoms. The molecule has 3 aromatic rings. The van der Waals surface area contributed by atoms with Gasteiger partial charge in [0.25, 0.3) is 5.91 Å². The summed E-state index contributed by atoms with van der Waals surface area (Å²) < 4.78 is 3.08. The van der Waals surface area contributed by atoms with Crippen molar-refractivity contribution >= 4 is 56.1 Å². The van der Waals surface area contributed by atoms with Gasteiger partial charge >= 0.3 is 0 Å². The number of halogens is 1. The number of fused-ring (bicyclic) bond motifs is 1. The Morgan fingerprint density at radius 2 is 2.07 bits per heavy atom. The number of nitrogens with zero attached hydrogens (tertiary/aromatic N) is 3. The van der Waals surface area contributed by atoms with Gasteiger partial charge in [0.2, 0.25) is 11.9 Å². The van der Waals surface area contributed by atoms with Crippen molar-refractivity contribution in [2.24, 2.45) is 5.41 Å². The van der Waals surface area contributed by atoms with E-state index in [0.717, 1.165) is 47.2 Å². The molecule has 2 aromatic heterocycles. The summed E-state index contributed by atoms with van der Waals surface area (Å²) in [5.74, 6) is 0.445. The number of imidazole rings is 1. The minimum absolute atomic E-state index is 0.0125. The first-order valence-electron chi connectivity index (χ1n) is 9.93. The van der Waals surface area contributed by atoms with E-state index in [0.29, 0.717) is 10.8 Å². The molecule has 0 bridgehead atoms. The molecule has 1 aromatic carbocycles. The maximum Gasteiger partial charge on any atom is 0.268 e. The number of benzene rings is 1. The first kappa shape index (κ1) is 19.5. The maximum atomic E-state index is 12.8.